The van der Waals surface area contributed by atoms with E-state index >= 15 is 0 Å². The van der Waals surface area contributed by atoms with E-state index in [2.05, 4.69) is 0 Å². The molecule has 0 saturated heterocycles. The van der Waals surface area contributed by atoms with E-state index in [1.165, 1.54) is 12.8 Å². The summed E-state index contributed by atoms with van der Waals surface area (Å²) in [4.78, 5) is 0. The molecule has 1 rings (SSSR count). The second kappa shape index (κ2) is 2.70. The molecule has 0 aromatic carbocycles. The molecule has 1 saturated carbocycles. The van der Waals surface area contributed by atoms with Gasteiger partial charge in [-0.3, -0.25) is 0 Å². The van der Waals surface area contributed by atoms with Crippen LogP contribution in [0.1, 0.15) is 12.8 Å². The Kier molecular flexibility index (Phi) is 2.15. The van der Waals surface area contributed by atoms with Gasteiger partial charge in [-0.1, -0.05) is 0 Å². The fourth-order valence-corrected chi connectivity index (χ4v) is 1.24. The fraction of sp³-hybridized carbons (Fsp3) is 1.00. The summed E-state index contributed by atoms with van der Waals surface area (Å²) >= 11 is 5.57. The van der Waals surface area contributed by atoms with Crippen LogP contribution in [0.2, 0.25) is 0 Å². The number of hydrogen-bond acceptors (Lipinski definition) is 1. The van der Waals surface area contributed by atoms with Gasteiger partial charge in [0.2, 0.25) is 0 Å². The lowest BCUT2D eigenvalue weighted by molar-refractivity contribution is 0.00863. The highest BCUT2D eigenvalue weighted by molar-refractivity contribution is 6.18. The number of hydrogen-bond donors (Lipinski definition) is 0. The highest BCUT2D eigenvalue weighted by atomic mass is 35.5. The Hall–Kier alpha value is 0.250. The molecule has 0 aromatic rings. The van der Waals surface area contributed by atoms with Gasteiger partial charge >= 0.3 is 0 Å². The smallest absolute Gasteiger partial charge is 0.0577 e. The van der Waals surface area contributed by atoms with E-state index < -0.39 is 0 Å². The van der Waals surface area contributed by atoms with Crippen molar-refractivity contribution in [1.29, 1.82) is 0 Å². The fourth-order valence-electron chi connectivity index (χ4n) is 0.993. The molecule has 0 atom stereocenters. The zero-order chi connectivity index (χ0) is 5.98. The molecule has 2 heteroatoms. The molecule has 1 fully saturated rings. The first-order chi connectivity index (χ1) is 3.86. The largest absolute Gasteiger partial charge is 0.381 e. The third kappa shape index (κ3) is 1.15. The van der Waals surface area contributed by atoms with Crippen LogP contribution in [0, 0.1) is 5.92 Å². The van der Waals surface area contributed by atoms with E-state index in [0.717, 1.165) is 11.8 Å². The average Bonchev–Trinajstić information content (AvgIpc) is 1.65. The minimum absolute atomic E-state index is 0.513. The van der Waals surface area contributed by atoms with Crippen LogP contribution in [0.15, 0.2) is 0 Å². The monoisotopic (exact) mass is 134 g/mol. The van der Waals surface area contributed by atoms with E-state index in [1.807, 2.05) is 0 Å². The molecule has 0 heterocycles. The zero-order valence-electron chi connectivity index (χ0n) is 5.06. The summed E-state index contributed by atoms with van der Waals surface area (Å²) in [6, 6.07) is 0. The first-order valence-corrected chi connectivity index (χ1v) is 3.49. The topological polar surface area (TPSA) is 9.23 Å². The van der Waals surface area contributed by atoms with Crippen LogP contribution in [0.4, 0.5) is 0 Å². The Morgan fingerprint density at radius 2 is 2.25 bits per heavy atom. The van der Waals surface area contributed by atoms with Crippen molar-refractivity contribution in [3.05, 3.63) is 0 Å². The Balaban J connectivity index is 2.03. The molecular formula is C6H11ClO. The third-order valence-electron chi connectivity index (χ3n) is 1.74. The standard InChI is InChI=1S/C6H11ClO/c1-8-6-2-5(3-6)4-7/h5-6H,2-4H2,1H3. The lowest BCUT2D eigenvalue weighted by Gasteiger charge is -2.32. The third-order valence-corrected chi connectivity index (χ3v) is 2.18. The first-order valence-electron chi connectivity index (χ1n) is 2.95. The summed E-state index contributed by atoms with van der Waals surface area (Å²) in [7, 11) is 1.76. The summed E-state index contributed by atoms with van der Waals surface area (Å²) in [5.41, 5.74) is 0. The summed E-state index contributed by atoms with van der Waals surface area (Å²) in [5.74, 6) is 1.54. The Morgan fingerprint density at radius 3 is 2.62 bits per heavy atom. The highest BCUT2D eigenvalue weighted by Gasteiger charge is 2.27. The molecule has 8 heavy (non-hydrogen) atoms. The Labute approximate surface area is 55.0 Å². The summed E-state index contributed by atoms with van der Waals surface area (Å²) in [5, 5.41) is 0. The maximum atomic E-state index is 5.57. The molecule has 0 radical (unpaired) electrons. The van der Waals surface area contributed by atoms with Crippen LogP contribution >= 0.6 is 11.6 Å². The van der Waals surface area contributed by atoms with Crippen LogP contribution in [0.5, 0.6) is 0 Å². The van der Waals surface area contributed by atoms with Gasteiger partial charge in [0.25, 0.3) is 0 Å². The van der Waals surface area contributed by atoms with E-state index in [0.29, 0.717) is 6.10 Å². The molecule has 1 aliphatic carbocycles. The summed E-state index contributed by atoms with van der Waals surface area (Å²) < 4.78 is 5.06. The predicted octanol–water partition coefficient (Wildman–Crippen LogP) is 1.65. The minimum atomic E-state index is 0.513. The molecule has 0 amide bonds. The van der Waals surface area contributed by atoms with Crippen molar-refractivity contribution in [3.8, 4) is 0 Å². The molecular weight excluding hydrogens is 124 g/mol. The van der Waals surface area contributed by atoms with E-state index in [4.69, 9.17) is 16.3 Å². The van der Waals surface area contributed by atoms with Gasteiger partial charge in [0, 0.05) is 13.0 Å². The van der Waals surface area contributed by atoms with Gasteiger partial charge in [-0.2, -0.15) is 0 Å². The van der Waals surface area contributed by atoms with Crippen molar-refractivity contribution in [3.63, 3.8) is 0 Å². The average molecular weight is 135 g/mol. The van der Waals surface area contributed by atoms with Crippen LogP contribution < -0.4 is 0 Å². The second-order valence-corrected chi connectivity index (χ2v) is 2.66. The van der Waals surface area contributed by atoms with E-state index in [1.54, 1.807) is 7.11 Å². The van der Waals surface area contributed by atoms with Crippen molar-refractivity contribution in [1.82, 2.24) is 0 Å². The molecule has 1 nitrogen and oxygen atoms in total. The lowest BCUT2D eigenvalue weighted by atomic mass is 9.84. The van der Waals surface area contributed by atoms with E-state index in [-0.39, 0.29) is 0 Å². The van der Waals surface area contributed by atoms with Crippen molar-refractivity contribution in [2.45, 2.75) is 18.9 Å². The second-order valence-electron chi connectivity index (χ2n) is 2.35. The first kappa shape index (κ1) is 6.37. The Bertz CT molecular complexity index is 60.9. The van der Waals surface area contributed by atoms with Crippen LogP contribution in [-0.4, -0.2) is 19.1 Å². The summed E-state index contributed by atoms with van der Waals surface area (Å²) in [6.07, 6.45) is 2.85. The zero-order valence-corrected chi connectivity index (χ0v) is 5.82. The van der Waals surface area contributed by atoms with Gasteiger partial charge in [-0.15, -0.1) is 11.6 Å². The van der Waals surface area contributed by atoms with E-state index in [9.17, 15) is 0 Å². The van der Waals surface area contributed by atoms with Gasteiger partial charge in [-0.05, 0) is 18.8 Å². The van der Waals surface area contributed by atoms with Crippen molar-refractivity contribution in [2.75, 3.05) is 13.0 Å². The van der Waals surface area contributed by atoms with Crippen LogP contribution in [0.25, 0.3) is 0 Å². The highest BCUT2D eigenvalue weighted by Crippen LogP contribution is 2.29. The van der Waals surface area contributed by atoms with Gasteiger partial charge in [-0.25, -0.2) is 0 Å². The normalized spacial score (nSPS) is 36.8. The lowest BCUT2D eigenvalue weighted by Crippen LogP contribution is -2.31. The molecule has 0 bridgehead atoms. The molecule has 48 valence electrons. The maximum Gasteiger partial charge on any atom is 0.0577 e. The summed E-state index contributed by atoms with van der Waals surface area (Å²) in [6.45, 7) is 0. The minimum Gasteiger partial charge on any atom is -0.381 e. The number of ether oxygens (including phenoxy) is 1. The predicted molar refractivity (Wildman–Crippen MR) is 34.2 cm³/mol. The number of rotatable bonds is 2. The van der Waals surface area contributed by atoms with Crippen LogP contribution in [0.3, 0.4) is 0 Å². The molecule has 0 aromatic heterocycles. The molecule has 0 unspecified atom stereocenters. The molecule has 0 aliphatic heterocycles. The van der Waals surface area contributed by atoms with Crippen molar-refractivity contribution >= 4 is 11.6 Å². The van der Waals surface area contributed by atoms with Crippen molar-refractivity contribution in [2.24, 2.45) is 5.92 Å². The SMILES string of the molecule is COC1CC(CCl)C1. The molecule has 1 aliphatic rings. The number of alkyl halides is 1. The van der Waals surface area contributed by atoms with Gasteiger partial charge in [0.15, 0.2) is 0 Å². The molecule has 0 N–H and O–H groups in total. The maximum absolute atomic E-state index is 5.57. The van der Waals surface area contributed by atoms with Crippen molar-refractivity contribution < 1.29 is 4.74 Å². The molecule has 0 spiro atoms. The van der Waals surface area contributed by atoms with Crippen LogP contribution in [-0.2, 0) is 4.74 Å². The van der Waals surface area contributed by atoms with Gasteiger partial charge in [0.05, 0.1) is 6.10 Å². The number of methoxy groups -OCH3 is 1. The quantitative estimate of drug-likeness (QED) is 0.522. The van der Waals surface area contributed by atoms with Gasteiger partial charge in [0.1, 0.15) is 0 Å². The number of halogens is 1. The Morgan fingerprint density at radius 1 is 1.62 bits per heavy atom. The van der Waals surface area contributed by atoms with Gasteiger partial charge < -0.3 is 4.74 Å².